The van der Waals surface area contributed by atoms with Gasteiger partial charge in [0.2, 0.25) is 5.89 Å². The van der Waals surface area contributed by atoms with Crippen LogP contribution in [0.5, 0.6) is 0 Å². The van der Waals surface area contributed by atoms with E-state index >= 15 is 0 Å². The minimum Gasteiger partial charge on any atom is -0.437 e. The highest BCUT2D eigenvalue weighted by molar-refractivity contribution is 5.89. The Hall–Kier alpha value is -6.45. The fourth-order valence-corrected chi connectivity index (χ4v) is 9.69. The van der Waals surface area contributed by atoms with Crippen LogP contribution < -0.4 is 15.7 Å². The largest absolute Gasteiger partial charge is 0.437 e. The van der Waals surface area contributed by atoms with Gasteiger partial charge in [-0.1, -0.05) is 148 Å². The monoisotopic (exact) mass is 724 g/mol. The third kappa shape index (κ3) is 5.29. The van der Waals surface area contributed by atoms with Crippen molar-refractivity contribution in [1.29, 1.82) is 0 Å². The maximum atomic E-state index is 6.44. The molecule has 0 saturated heterocycles. The molecule has 0 saturated carbocycles. The van der Waals surface area contributed by atoms with Crippen LogP contribution in [-0.2, 0) is 10.8 Å². The second-order valence-electron chi connectivity index (χ2n) is 15.9. The van der Waals surface area contributed by atoms with Gasteiger partial charge in [0.1, 0.15) is 5.35 Å². The fraction of sp³-hybridized carbons (Fsp3) is 0.151. The smallest absolute Gasteiger partial charge is 0.223 e. The van der Waals surface area contributed by atoms with Crippen molar-refractivity contribution >= 4 is 40.9 Å². The first kappa shape index (κ1) is 34.1. The quantitative estimate of drug-likeness (QED) is 0.146. The molecular formula is C53H44N2O. The van der Waals surface area contributed by atoms with Crippen molar-refractivity contribution in [3.8, 4) is 11.1 Å². The molecule has 10 rings (SSSR count). The molecule has 3 heteroatoms. The number of allylic oxidation sites excluding steroid dienone is 8. The Bertz CT molecular complexity index is 2780. The van der Waals surface area contributed by atoms with Crippen LogP contribution in [0.3, 0.4) is 0 Å². The summed E-state index contributed by atoms with van der Waals surface area (Å²) in [4.78, 5) is 7.57. The number of aromatic nitrogens is 1. The van der Waals surface area contributed by atoms with Crippen molar-refractivity contribution in [1.82, 2.24) is 4.98 Å². The third-order valence-electron chi connectivity index (χ3n) is 12.4. The molecule has 4 aliphatic carbocycles. The molecule has 0 spiro atoms. The molecule has 2 atom stereocenters. The number of benzene rings is 5. The van der Waals surface area contributed by atoms with Gasteiger partial charge in [0.15, 0.2) is 5.42 Å². The summed E-state index contributed by atoms with van der Waals surface area (Å²) in [5.74, 6) is 0.832. The maximum absolute atomic E-state index is 6.44. The van der Waals surface area contributed by atoms with E-state index in [9.17, 15) is 0 Å². The Labute approximate surface area is 329 Å². The first-order valence-corrected chi connectivity index (χ1v) is 19.8. The Morgan fingerprint density at radius 3 is 2.30 bits per heavy atom. The van der Waals surface area contributed by atoms with Gasteiger partial charge in [0, 0.05) is 34.0 Å². The zero-order chi connectivity index (χ0) is 37.9. The SMILES string of the molecule is C=C/C=C\C1=Cc2ccc(N(c3ccccc3)c3ccc4c(c3)C(c3ccccc3)(C3C=c5nc(C6=CC=CCC6)oc5=CC3)c3ccccc3-4)cc2C1(C)C. The van der Waals surface area contributed by atoms with Gasteiger partial charge in [-0.2, -0.15) is 0 Å². The van der Waals surface area contributed by atoms with Gasteiger partial charge in [-0.05, 0) is 112 Å². The number of anilines is 3. The highest BCUT2D eigenvalue weighted by Gasteiger charge is 2.49. The normalized spacial score (nSPS) is 19.9. The zero-order valence-corrected chi connectivity index (χ0v) is 32.0. The maximum Gasteiger partial charge on any atom is 0.223 e. The number of nitrogens with zero attached hydrogens (tertiary/aromatic N) is 2. The lowest BCUT2D eigenvalue weighted by atomic mass is 9.62. The summed E-state index contributed by atoms with van der Waals surface area (Å²) in [6.07, 6.45) is 22.3. The van der Waals surface area contributed by atoms with Gasteiger partial charge in [0.05, 0.1) is 5.41 Å². The van der Waals surface area contributed by atoms with Crippen molar-refractivity contribution in [3.05, 3.63) is 214 Å². The molecular weight excluding hydrogens is 681 g/mol. The summed E-state index contributed by atoms with van der Waals surface area (Å²) in [7, 11) is 0. The standard InChI is InChI=1S/C53H44N2O/c1-4-5-19-39-32-37-26-28-42(34-47(37)52(39,2)3)55(41-22-13-8-14-23-41)43-29-30-45-44-24-15-16-25-46(44)53(48(45)35-43,38-20-11-7-12-21-38)40-27-31-50-49(33-40)54-51(56-50)36-17-9-6-10-18-36/h4-9,11-17,19-26,28-35,40H,1,10,18,27H2,2-3H3/b19-5-. The number of hydrogen-bond acceptors (Lipinski definition) is 3. The van der Waals surface area contributed by atoms with Gasteiger partial charge in [-0.15, -0.1) is 0 Å². The van der Waals surface area contributed by atoms with E-state index in [1.165, 1.54) is 44.5 Å². The van der Waals surface area contributed by atoms with Gasteiger partial charge >= 0.3 is 0 Å². The Morgan fingerprint density at radius 2 is 1.52 bits per heavy atom. The first-order chi connectivity index (χ1) is 27.5. The molecule has 2 unspecified atom stereocenters. The highest BCUT2D eigenvalue weighted by atomic mass is 16.3. The summed E-state index contributed by atoms with van der Waals surface area (Å²) >= 11 is 0. The predicted molar refractivity (Wildman–Crippen MR) is 232 cm³/mol. The minimum atomic E-state index is -0.470. The van der Waals surface area contributed by atoms with Gasteiger partial charge in [-0.25, -0.2) is 4.98 Å². The molecule has 4 aliphatic rings. The molecule has 0 amide bonds. The van der Waals surface area contributed by atoms with E-state index in [0.29, 0.717) is 0 Å². The molecule has 1 heterocycles. The second kappa shape index (κ2) is 13.4. The zero-order valence-electron chi connectivity index (χ0n) is 32.0. The van der Waals surface area contributed by atoms with E-state index in [1.807, 2.05) is 12.2 Å². The second-order valence-corrected chi connectivity index (χ2v) is 15.9. The number of hydrogen-bond donors (Lipinski definition) is 0. The molecule has 0 fully saturated rings. The van der Waals surface area contributed by atoms with E-state index in [-0.39, 0.29) is 11.3 Å². The van der Waals surface area contributed by atoms with Crippen molar-refractivity contribution in [2.75, 3.05) is 4.90 Å². The summed E-state index contributed by atoms with van der Waals surface area (Å²) in [5, 5.41) is 0.937. The van der Waals surface area contributed by atoms with Crippen LogP contribution >= 0.6 is 0 Å². The molecule has 1 aromatic heterocycles. The number of oxazole rings is 1. The topological polar surface area (TPSA) is 29.3 Å². The molecule has 0 N–H and O–H groups in total. The minimum absolute atomic E-state index is 0.0901. The van der Waals surface area contributed by atoms with Crippen molar-refractivity contribution in [2.24, 2.45) is 5.92 Å². The van der Waals surface area contributed by atoms with E-state index < -0.39 is 5.41 Å². The molecule has 3 nitrogen and oxygen atoms in total. The van der Waals surface area contributed by atoms with Crippen LogP contribution in [0.4, 0.5) is 17.1 Å². The van der Waals surface area contributed by atoms with Crippen molar-refractivity contribution in [3.63, 3.8) is 0 Å². The van der Waals surface area contributed by atoms with Crippen LogP contribution in [0.1, 0.15) is 66.8 Å². The number of para-hydroxylation sites is 1. The Balaban J connectivity index is 1.17. The van der Waals surface area contributed by atoms with Crippen molar-refractivity contribution < 1.29 is 4.42 Å². The average molecular weight is 725 g/mol. The van der Waals surface area contributed by atoms with E-state index in [2.05, 4.69) is 189 Å². The summed E-state index contributed by atoms with van der Waals surface area (Å²) < 4.78 is 6.44. The van der Waals surface area contributed by atoms with Crippen LogP contribution in [0, 0.1) is 5.92 Å². The third-order valence-corrected chi connectivity index (χ3v) is 12.4. The number of fused-ring (bicyclic) bond motifs is 5. The lowest BCUT2D eigenvalue weighted by Gasteiger charge is -2.40. The van der Waals surface area contributed by atoms with E-state index in [4.69, 9.17) is 9.40 Å². The average Bonchev–Trinajstić information content (AvgIpc) is 3.89. The van der Waals surface area contributed by atoms with E-state index in [0.717, 1.165) is 58.6 Å². The first-order valence-electron chi connectivity index (χ1n) is 19.8. The Kier molecular flexibility index (Phi) is 8.15. The van der Waals surface area contributed by atoms with Crippen LogP contribution in [0.2, 0.25) is 0 Å². The Morgan fingerprint density at radius 1 is 0.786 bits per heavy atom. The van der Waals surface area contributed by atoms with Gasteiger partial charge in [0.25, 0.3) is 0 Å². The molecule has 0 aliphatic heterocycles. The predicted octanol–water partition coefficient (Wildman–Crippen LogP) is 11.9. The lowest BCUT2D eigenvalue weighted by molar-refractivity contribution is 0.471. The molecule has 0 radical (unpaired) electrons. The number of rotatable bonds is 8. The molecule has 56 heavy (non-hydrogen) atoms. The van der Waals surface area contributed by atoms with Crippen LogP contribution in [-0.4, -0.2) is 4.98 Å². The fourth-order valence-electron chi connectivity index (χ4n) is 9.69. The highest BCUT2D eigenvalue weighted by Crippen LogP contribution is 2.59. The van der Waals surface area contributed by atoms with E-state index in [1.54, 1.807) is 0 Å². The summed E-state index contributed by atoms with van der Waals surface area (Å²) in [6.45, 7) is 8.55. The van der Waals surface area contributed by atoms with Gasteiger partial charge in [-0.3, -0.25) is 0 Å². The molecule has 5 aromatic carbocycles. The summed E-state index contributed by atoms with van der Waals surface area (Å²) in [6, 6.07) is 45.0. The molecule has 0 bridgehead atoms. The molecule has 272 valence electrons. The lowest BCUT2D eigenvalue weighted by Crippen LogP contribution is -2.39. The van der Waals surface area contributed by atoms with Gasteiger partial charge < -0.3 is 9.32 Å². The molecule has 6 aromatic rings. The van der Waals surface area contributed by atoms with Crippen molar-refractivity contribution in [2.45, 2.75) is 43.9 Å². The van der Waals surface area contributed by atoms with Crippen LogP contribution in [0.15, 0.2) is 174 Å². The summed E-state index contributed by atoms with van der Waals surface area (Å²) in [5.41, 5.74) is 15.2. The van der Waals surface area contributed by atoms with Crippen LogP contribution in [0.25, 0.3) is 34.9 Å².